The Labute approximate surface area is 275 Å². The van der Waals surface area contributed by atoms with Crippen molar-refractivity contribution in [2.45, 2.75) is 48.5 Å². The molecule has 0 N–H and O–H groups in total. The summed E-state index contributed by atoms with van der Waals surface area (Å²) in [6.45, 7) is 3.90. The Hall–Kier alpha value is -3.95. The van der Waals surface area contributed by atoms with E-state index in [-0.39, 0.29) is 28.6 Å². The molecule has 0 amide bonds. The number of methoxy groups -OCH3 is 1. The van der Waals surface area contributed by atoms with Gasteiger partial charge in [0.25, 0.3) is 0 Å². The number of halogens is 4. The van der Waals surface area contributed by atoms with E-state index < -0.39 is 59.2 Å². The van der Waals surface area contributed by atoms with Crippen LogP contribution in [0.15, 0.2) is 29.3 Å². The molecule has 18 heteroatoms. The van der Waals surface area contributed by atoms with Crippen molar-refractivity contribution in [3.05, 3.63) is 52.6 Å². The first-order chi connectivity index (χ1) is 22.5. The minimum atomic E-state index is -1.64. The van der Waals surface area contributed by atoms with E-state index in [1.54, 1.807) is 6.07 Å². The molecule has 4 heterocycles. The zero-order chi connectivity index (χ0) is 33.8. The number of nitriles is 1. The molecule has 2 aliphatic rings. The Balaban J connectivity index is 1.58. The number of rotatable bonds is 9. The van der Waals surface area contributed by atoms with Gasteiger partial charge in [-0.25, -0.2) is 22.8 Å². The maximum atomic E-state index is 14.1. The average Bonchev–Trinajstić information content (AvgIpc) is 3.53. The topological polar surface area (TPSA) is 151 Å². The van der Waals surface area contributed by atoms with Gasteiger partial charge in [0, 0.05) is 39.6 Å². The third-order valence-electron chi connectivity index (χ3n) is 7.32. The number of pyridine rings is 1. The highest BCUT2D eigenvalue weighted by atomic mass is 35.5. The van der Waals surface area contributed by atoms with E-state index in [1.807, 2.05) is 11.0 Å². The smallest absolute Gasteiger partial charge is 0.303 e. The molecule has 2 fully saturated rings. The standard InChI is InChI=1S/C29H28ClF3N6O7S/c1-14(40)44-13-22-26(45-15(2)41)25(39-12-21(36-37-39)16-8-18(31)24(33)19(32)9-16)27(42-3)29(46-22)47-23-10-17(30)20(11-34)35-28(23)38-4-6-43-7-5-38/h8-10,12,22,25-27,29H,4-7,13H2,1-3H3/t22?,25?,26-,27?,29+/m0/s1. The predicted octanol–water partition coefficient (Wildman–Crippen LogP) is 3.69. The van der Waals surface area contributed by atoms with Crippen LogP contribution >= 0.6 is 23.4 Å². The Kier molecular flexibility index (Phi) is 10.9. The van der Waals surface area contributed by atoms with Crippen LogP contribution in [-0.4, -0.2) is 95.7 Å². The molecule has 0 saturated carbocycles. The number of hydrogen-bond acceptors (Lipinski definition) is 13. The third-order valence-corrected chi connectivity index (χ3v) is 8.77. The van der Waals surface area contributed by atoms with Crippen molar-refractivity contribution in [3.63, 3.8) is 0 Å². The number of anilines is 1. The monoisotopic (exact) mass is 696 g/mol. The highest BCUT2D eigenvalue weighted by Gasteiger charge is 2.51. The van der Waals surface area contributed by atoms with Gasteiger partial charge in [-0.3, -0.25) is 9.59 Å². The molecule has 47 heavy (non-hydrogen) atoms. The number of carbonyl (C=O) groups is 2. The van der Waals surface area contributed by atoms with E-state index in [0.29, 0.717) is 37.0 Å². The van der Waals surface area contributed by atoms with E-state index in [2.05, 4.69) is 15.3 Å². The number of benzene rings is 1. The van der Waals surface area contributed by atoms with Gasteiger partial charge in [0.05, 0.1) is 29.3 Å². The first-order valence-electron chi connectivity index (χ1n) is 14.2. The second-order valence-electron chi connectivity index (χ2n) is 10.4. The summed E-state index contributed by atoms with van der Waals surface area (Å²) >= 11 is 7.56. The zero-order valence-electron chi connectivity index (χ0n) is 25.2. The van der Waals surface area contributed by atoms with E-state index in [4.69, 9.17) is 35.3 Å². The Morgan fingerprint density at radius 1 is 1.13 bits per heavy atom. The predicted molar refractivity (Wildman–Crippen MR) is 159 cm³/mol. The highest BCUT2D eigenvalue weighted by molar-refractivity contribution is 8.00. The molecule has 0 spiro atoms. The van der Waals surface area contributed by atoms with E-state index in [9.17, 15) is 28.0 Å². The maximum Gasteiger partial charge on any atom is 0.303 e. The maximum absolute atomic E-state index is 14.1. The molecule has 3 aromatic rings. The Morgan fingerprint density at radius 3 is 2.45 bits per heavy atom. The van der Waals surface area contributed by atoms with Gasteiger partial charge in [-0.05, 0) is 18.2 Å². The van der Waals surface area contributed by atoms with Crippen LogP contribution in [0.4, 0.5) is 19.0 Å². The summed E-state index contributed by atoms with van der Waals surface area (Å²) in [5.74, 6) is -5.34. The van der Waals surface area contributed by atoms with Crippen molar-refractivity contribution in [3.8, 4) is 17.3 Å². The van der Waals surface area contributed by atoms with Gasteiger partial charge in [0.1, 0.15) is 47.9 Å². The summed E-state index contributed by atoms with van der Waals surface area (Å²) in [6.07, 6.45) is -1.89. The van der Waals surface area contributed by atoms with Crippen LogP contribution in [0.2, 0.25) is 5.02 Å². The number of ether oxygens (including phenoxy) is 5. The largest absolute Gasteiger partial charge is 0.463 e. The number of esters is 2. The van der Waals surface area contributed by atoms with Crippen molar-refractivity contribution in [1.29, 1.82) is 5.26 Å². The van der Waals surface area contributed by atoms with Crippen molar-refractivity contribution in [2.75, 3.05) is 44.9 Å². The number of aromatic nitrogens is 4. The van der Waals surface area contributed by atoms with Gasteiger partial charge >= 0.3 is 11.9 Å². The minimum absolute atomic E-state index is 0.0229. The summed E-state index contributed by atoms with van der Waals surface area (Å²) in [4.78, 5) is 31.1. The van der Waals surface area contributed by atoms with E-state index in [1.165, 1.54) is 31.8 Å². The molecular weight excluding hydrogens is 669 g/mol. The van der Waals surface area contributed by atoms with E-state index >= 15 is 0 Å². The number of hydrogen-bond donors (Lipinski definition) is 0. The van der Waals surface area contributed by atoms with Crippen LogP contribution in [0.3, 0.4) is 0 Å². The van der Waals surface area contributed by atoms with Crippen LogP contribution in [0, 0.1) is 28.8 Å². The number of nitrogens with zero attached hydrogens (tertiary/aromatic N) is 6. The van der Waals surface area contributed by atoms with Gasteiger partial charge in [-0.2, -0.15) is 5.26 Å². The quantitative estimate of drug-likeness (QED) is 0.237. The summed E-state index contributed by atoms with van der Waals surface area (Å²) in [6, 6.07) is 4.09. The van der Waals surface area contributed by atoms with Crippen molar-refractivity contribution in [2.24, 2.45) is 0 Å². The minimum Gasteiger partial charge on any atom is -0.463 e. The van der Waals surface area contributed by atoms with Crippen molar-refractivity contribution in [1.82, 2.24) is 20.0 Å². The lowest BCUT2D eigenvalue weighted by molar-refractivity contribution is -0.208. The van der Waals surface area contributed by atoms with Crippen LogP contribution in [0.1, 0.15) is 25.6 Å². The van der Waals surface area contributed by atoms with Crippen molar-refractivity contribution < 1.29 is 46.4 Å². The average molecular weight is 697 g/mol. The van der Waals surface area contributed by atoms with Gasteiger partial charge in [-0.15, -0.1) is 5.10 Å². The number of morpholine rings is 1. The zero-order valence-corrected chi connectivity index (χ0v) is 26.8. The molecule has 0 bridgehead atoms. The second kappa shape index (κ2) is 14.9. The lowest BCUT2D eigenvalue weighted by Gasteiger charge is -2.45. The SMILES string of the molecule is COC1C(n2cc(-c3cc(F)c(F)c(F)c3)nn2)[C@@H](OC(C)=O)C(COC(C)=O)O[C@@H]1Sc1cc(Cl)c(C#N)nc1N1CCOCC1. The first-order valence-corrected chi connectivity index (χ1v) is 15.4. The molecule has 5 atom stereocenters. The molecule has 2 aliphatic heterocycles. The third kappa shape index (κ3) is 7.63. The van der Waals surface area contributed by atoms with Gasteiger partial charge < -0.3 is 28.6 Å². The molecule has 5 rings (SSSR count). The van der Waals surface area contributed by atoms with Crippen LogP contribution in [0.5, 0.6) is 0 Å². The highest BCUT2D eigenvalue weighted by Crippen LogP contribution is 2.44. The fourth-order valence-electron chi connectivity index (χ4n) is 5.22. The van der Waals surface area contributed by atoms with E-state index in [0.717, 1.165) is 23.9 Å². The summed E-state index contributed by atoms with van der Waals surface area (Å²) in [5, 5.41) is 17.9. The lowest BCUT2D eigenvalue weighted by atomic mass is 9.96. The molecule has 13 nitrogen and oxygen atoms in total. The second-order valence-corrected chi connectivity index (χ2v) is 12.0. The number of thioether (sulfide) groups is 1. The lowest BCUT2D eigenvalue weighted by Crippen LogP contribution is -2.57. The fraction of sp³-hybridized carbons (Fsp3) is 0.448. The molecule has 250 valence electrons. The first kappa shape index (κ1) is 34.4. The molecule has 2 aromatic heterocycles. The van der Waals surface area contributed by atoms with Crippen LogP contribution < -0.4 is 4.90 Å². The normalized spacial score (nSPS) is 22.9. The van der Waals surface area contributed by atoms with Gasteiger partial charge in [0.2, 0.25) is 0 Å². The molecular formula is C29H28ClF3N6O7S. The molecule has 2 saturated heterocycles. The summed E-state index contributed by atoms with van der Waals surface area (Å²) in [7, 11) is 1.39. The van der Waals surface area contributed by atoms with Crippen molar-refractivity contribution >= 4 is 41.1 Å². The Bertz CT molecular complexity index is 1670. The molecule has 3 unspecified atom stereocenters. The summed E-state index contributed by atoms with van der Waals surface area (Å²) < 4.78 is 71.8. The van der Waals surface area contributed by atoms with Gasteiger partial charge in [0.15, 0.2) is 29.2 Å². The summed E-state index contributed by atoms with van der Waals surface area (Å²) in [5.41, 5.74) is -1.04. The fourth-order valence-corrected chi connectivity index (χ4v) is 6.80. The Morgan fingerprint density at radius 2 is 1.83 bits per heavy atom. The number of carbonyl (C=O) groups excluding carboxylic acids is 2. The van der Waals surface area contributed by atoms with Crippen LogP contribution in [0.25, 0.3) is 11.3 Å². The molecule has 1 aromatic carbocycles. The molecule has 0 aliphatic carbocycles. The molecule has 0 radical (unpaired) electrons. The van der Waals surface area contributed by atoms with Gasteiger partial charge in [-0.1, -0.05) is 28.6 Å². The van der Waals surface area contributed by atoms with Crippen LogP contribution in [-0.2, 0) is 33.3 Å².